The molecule has 0 spiro atoms. The number of rotatable bonds is 9. The van der Waals surface area contributed by atoms with Crippen LogP contribution in [-0.4, -0.2) is 24.5 Å². The van der Waals surface area contributed by atoms with Gasteiger partial charge in [0.1, 0.15) is 0 Å². The van der Waals surface area contributed by atoms with E-state index >= 15 is 0 Å². The summed E-state index contributed by atoms with van der Waals surface area (Å²) in [6.07, 6.45) is 13.1. The second-order valence-electron chi connectivity index (χ2n) is 12.1. The van der Waals surface area contributed by atoms with E-state index in [0.29, 0.717) is 11.6 Å². The van der Waals surface area contributed by atoms with Crippen LogP contribution in [0.2, 0.25) is 0 Å². The molecule has 5 aromatic carbocycles. The summed E-state index contributed by atoms with van der Waals surface area (Å²) in [5.41, 5.74) is 10.4. The third-order valence-electron chi connectivity index (χ3n) is 8.95. The third kappa shape index (κ3) is 6.11. The minimum atomic E-state index is 0.678. The average Bonchev–Trinajstić information content (AvgIpc) is 3.55. The van der Waals surface area contributed by atoms with Crippen molar-refractivity contribution in [3.05, 3.63) is 195 Å². The fourth-order valence-electron chi connectivity index (χ4n) is 6.57. The Labute approximate surface area is 297 Å². The Hall–Kier alpha value is -6.92. The van der Waals surface area contributed by atoms with E-state index in [1.54, 1.807) is 24.8 Å². The molecule has 0 atom stereocenters. The van der Waals surface area contributed by atoms with Gasteiger partial charge < -0.3 is 9.47 Å². The molecule has 0 saturated heterocycles. The molecule has 0 aliphatic rings. The van der Waals surface area contributed by atoms with Crippen molar-refractivity contribution >= 4 is 38.8 Å². The average molecular weight is 659 g/mol. The molecular weight excluding hydrogens is 625 g/mol. The maximum Gasteiger partial charge on any atom is 0.159 e. The number of aromatic nitrogens is 5. The molecule has 0 aliphatic carbocycles. The maximum absolute atomic E-state index is 4.47. The highest BCUT2D eigenvalue weighted by Crippen LogP contribution is 2.43. The molecule has 3 aromatic heterocycles. The van der Waals surface area contributed by atoms with Gasteiger partial charge in [-0.1, -0.05) is 79.4 Å². The number of para-hydroxylation sites is 2. The predicted molar refractivity (Wildman–Crippen MR) is 210 cm³/mol. The fourth-order valence-corrected chi connectivity index (χ4v) is 6.57. The van der Waals surface area contributed by atoms with Crippen molar-refractivity contribution in [2.45, 2.75) is 6.92 Å². The first-order valence-electron chi connectivity index (χ1n) is 16.8. The zero-order chi connectivity index (χ0) is 34.6. The molecule has 0 N–H and O–H groups in total. The molecule has 0 saturated carbocycles. The van der Waals surface area contributed by atoms with Gasteiger partial charge in [0, 0.05) is 69.4 Å². The van der Waals surface area contributed by atoms with Crippen LogP contribution in [0.25, 0.3) is 55.6 Å². The molecule has 6 heteroatoms. The molecule has 8 rings (SSSR count). The van der Waals surface area contributed by atoms with Crippen LogP contribution >= 0.6 is 0 Å². The molecule has 244 valence electrons. The van der Waals surface area contributed by atoms with Gasteiger partial charge in [0.2, 0.25) is 0 Å². The Kier molecular flexibility index (Phi) is 8.55. The molecule has 6 nitrogen and oxygen atoms in total. The lowest BCUT2D eigenvalue weighted by Gasteiger charge is -2.27. The molecule has 0 fully saturated rings. The second kappa shape index (κ2) is 13.9. The van der Waals surface area contributed by atoms with Crippen molar-refractivity contribution < 1.29 is 0 Å². The van der Waals surface area contributed by atoms with E-state index in [1.807, 2.05) is 31.2 Å². The van der Waals surface area contributed by atoms with Gasteiger partial charge in [-0.25, -0.2) is 19.9 Å². The largest absolute Gasteiger partial charge is 0.310 e. The highest BCUT2D eigenvalue weighted by molar-refractivity contribution is 6.15. The van der Waals surface area contributed by atoms with Crippen LogP contribution in [0.3, 0.4) is 0 Å². The topological polar surface area (TPSA) is 59.7 Å². The number of anilines is 2. The number of fused-ring (bicyclic) bond motifs is 3. The first kappa shape index (κ1) is 31.4. The van der Waals surface area contributed by atoms with Gasteiger partial charge in [-0.3, -0.25) is 0 Å². The minimum absolute atomic E-state index is 0.678. The van der Waals surface area contributed by atoms with E-state index in [2.05, 4.69) is 163 Å². The SMILES string of the molecule is C=C/C(=C\C=C(/C)c1ncccn1)N(c1ccc(-c2ncccn2)cc1)c1cc(-c2ccccc2)c2c(c1)c1ccccc1n2-c1ccccc1. The zero-order valence-corrected chi connectivity index (χ0v) is 28.1. The van der Waals surface area contributed by atoms with Crippen LogP contribution in [-0.2, 0) is 0 Å². The van der Waals surface area contributed by atoms with E-state index in [-0.39, 0.29) is 0 Å². The molecule has 0 amide bonds. The Morgan fingerprint density at radius 3 is 1.96 bits per heavy atom. The van der Waals surface area contributed by atoms with Gasteiger partial charge in [-0.2, -0.15) is 0 Å². The van der Waals surface area contributed by atoms with Crippen molar-refractivity contribution in [2.75, 3.05) is 4.90 Å². The van der Waals surface area contributed by atoms with Gasteiger partial charge in [0.15, 0.2) is 11.6 Å². The summed E-state index contributed by atoms with van der Waals surface area (Å²) in [4.78, 5) is 20.1. The van der Waals surface area contributed by atoms with E-state index in [1.165, 1.54) is 5.39 Å². The van der Waals surface area contributed by atoms with Crippen molar-refractivity contribution in [2.24, 2.45) is 0 Å². The summed E-state index contributed by atoms with van der Waals surface area (Å²) in [7, 11) is 0. The van der Waals surface area contributed by atoms with Crippen molar-refractivity contribution in [1.29, 1.82) is 0 Å². The summed E-state index contributed by atoms with van der Waals surface area (Å²) in [5, 5.41) is 2.32. The maximum atomic E-state index is 4.47. The number of hydrogen-bond acceptors (Lipinski definition) is 5. The van der Waals surface area contributed by atoms with E-state index in [4.69, 9.17) is 0 Å². The van der Waals surface area contributed by atoms with Crippen LogP contribution < -0.4 is 4.90 Å². The quantitative estimate of drug-likeness (QED) is 0.144. The first-order chi connectivity index (χ1) is 25.2. The Morgan fingerprint density at radius 1 is 0.608 bits per heavy atom. The summed E-state index contributed by atoms with van der Waals surface area (Å²) in [6, 6.07) is 46.4. The van der Waals surface area contributed by atoms with Gasteiger partial charge in [0.25, 0.3) is 0 Å². The van der Waals surface area contributed by atoms with Crippen LogP contribution in [0.5, 0.6) is 0 Å². The standard InChI is InChI=1S/C45H34N6/c1-3-35(23-20-32(2)44-46-26-12-27-47-44)50(37-24-21-34(22-25-37)45-48-28-13-29-49-45)38-30-40(33-14-6-4-7-15-33)43-41(31-38)39-18-10-11-19-42(39)51(43)36-16-8-5-9-17-36/h3-31H,1H2,2H3/b32-20+,35-23+. The summed E-state index contributed by atoms with van der Waals surface area (Å²) >= 11 is 0. The van der Waals surface area contributed by atoms with Gasteiger partial charge >= 0.3 is 0 Å². The van der Waals surface area contributed by atoms with Crippen molar-refractivity contribution in [3.63, 3.8) is 0 Å². The summed E-state index contributed by atoms with van der Waals surface area (Å²) in [5.74, 6) is 1.36. The van der Waals surface area contributed by atoms with Crippen LogP contribution in [0.4, 0.5) is 11.4 Å². The molecule has 51 heavy (non-hydrogen) atoms. The van der Waals surface area contributed by atoms with E-state index in [9.17, 15) is 0 Å². The lowest BCUT2D eigenvalue weighted by Crippen LogP contribution is -2.15. The van der Waals surface area contributed by atoms with Gasteiger partial charge in [-0.05, 0) is 96.9 Å². The van der Waals surface area contributed by atoms with Crippen molar-refractivity contribution in [1.82, 2.24) is 24.5 Å². The molecule has 8 aromatic rings. The molecule has 0 unspecified atom stereocenters. The summed E-state index contributed by atoms with van der Waals surface area (Å²) in [6.45, 7) is 6.31. The van der Waals surface area contributed by atoms with Crippen LogP contribution in [0.15, 0.2) is 189 Å². The molecule has 3 heterocycles. The molecular formula is C45H34N6. The lowest BCUT2D eigenvalue weighted by molar-refractivity contribution is 1.11. The number of nitrogens with zero attached hydrogens (tertiary/aromatic N) is 6. The minimum Gasteiger partial charge on any atom is -0.310 e. The Morgan fingerprint density at radius 2 is 1.25 bits per heavy atom. The highest BCUT2D eigenvalue weighted by Gasteiger charge is 2.21. The van der Waals surface area contributed by atoms with Gasteiger partial charge in [-0.15, -0.1) is 0 Å². The van der Waals surface area contributed by atoms with Crippen LogP contribution in [0.1, 0.15) is 12.7 Å². The Bertz CT molecular complexity index is 2520. The number of allylic oxidation sites excluding steroid dienone is 4. The number of hydrogen-bond donors (Lipinski definition) is 0. The fraction of sp³-hybridized carbons (Fsp3) is 0.0222. The monoisotopic (exact) mass is 658 g/mol. The molecule has 0 aliphatic heterocycles. The zero-order valence-electron chi connectivity index (χ0n) is 28.1. The Balaban J connectivity index is 1.40. The first-order valence-corrected chi connectivity index (χ1v) is 16.8. The third-order valence-corrected chi connectivity index (χ3v) is 8.95. The highest BCUT2D eigenvalue weighted by atomic mass is 15.1. The van der Waals surface area contributed by atoms with E-state index < -0.39 is 0 Å². The lowest BCUT2D eigenvalue weighted by atomic mass is 9.99. The predicted octanol–water partition coefficient (Wildman–Crippen LogP) is 11.0. The molecule has 0 bridgehead atoms. The van der Waals surface area contributed by atoms with E-state index in [0.717, 1.165) is 61.4 Å². The van der Waals surface area contributed by atoms with Crippen molar-refractivity contribution in [3.8, 4) is 28.2 Å². The number of benzene rings is 5. The second-order valence-corrected chi connectivity index (χ2v) is 12.1. The van der Waals surface area contributed by atoms with Gasteiger partial charge in [0.05, 0.1) is 11.0 Å². The van der Waals surface area contributed by atoms with Crippen LogP contribution in [0, 0.1) is 0 Å². The normalized spacial score (nSPS) is 11.9. The smallest absolute Gasteiger partial charge is 0.159 e. The summed E-state index contributed by atoms with van der Waals surface area (Å²) < 4.78 is 2.38. The molecule has 0 radical (unpaired) electrons.